The summed E-state index contributed by atoms with van der Waals surface area (Å²) in [6.07, 6.45) is -0.292. The lowest BCUT2D eigenvalue weighted by Crippen LogP contribution is -2.13. The van der Waals surface area contributed by atoms with Crippen molar-refractivity contribution in [1.29, 1.82) is 0 Å². The molecule has 1 aliphatic rings. The van der Waals surface area contributed by atoms with E-state index >= 15 is 0 Å². The van der Waals surface area contributed by atoms with Gasteiger partial charge in [0.1, 0.15) is 6.10 Å². The largest absolute Gasteiger partial charge is 0.493 e. The third kappa shape index (κ3) is 3.93. The molecule has 0 amide bonds. The van der Waals surface area contributed by atoms with E-state index in [0.29, 0.717) is 28.7 Å². The zero-order valence-corrected chi connectivity index (χ0v) is 19.1. The normalized spacial score (nSPS) is 17.2. The van der Waals surface area contributed by atoms with Crippen molar-refractivity contribution < 1.29 is 27.4 Å². The van der Waals surface area contributed by atoms with Gasteiger partial charge in [-0.2, -0.15) is 0 Å². The molecule has 0 fully saturated rings. The van der Waals surface area contributed by atoms with E-state index < -0.39 is 10.0 Å². The maximum absolute atomic E-state index is 12.8. The van der Waals surface area contributed by atoms with Crippen molar-refractivity contribution in [2.75, 3.05) is 26.1 Å². The molecule has 4 rings (SSSR count). The van der Waals surface area contributed by atoms with Gasteiger partial charge in [0.15, 0.2) is 23.0 Å². The molecule has 1 N–H and O–H groups in total. The summed E-state index contributed by atoms with van der Waals surface area (Å²) in [4.78, 5) is 0.187. The van der Waals surface area contributed by atoms with E-state index in [2.05, 4.69) is 4.72 Å². The van der Waals surface area contributed by atoms with E-state index in [1.165, 1.54) is 7.11 Å². The number of hydrogen-bond acceptors (Lipinski definition) is 6. The lowest BCUT2D eigenvalue weighted by Gasteiger charge is -2.18. The number of hydrogen-bond donors (Lipinski definition) is 1. The second-order valence-electron chi connectivity index (χ2n) is 7.46. The van der Waals surface area contributed by atoms with Crippen LogP contribution in [0.4, 0.5) is 5.69 Å². The molecule has 0 aromatic heterocycles. The highest BCUT2D eigenvalue weighted by atomic mass is 32.2. The summed E-state index contributed by atoms with van der Waals surface area (Å²) in [5.41, 5.74) is 2.18. The third-order valence-electron chi connectivity index (χ3n) is 5.53. The van der Waals surface area contributed by atoms with Gasteiger partial charge in [0.25, 0.3) is 10.0 Å². The second-order valence-corrected chi connectivity index (χ2v) is 9.14. The summed E-state index contributed by atoms with van der Waals surface area (Å²) < 4.78 is 50.8. The molecule has 8 heteroatoms. The molecule has 0 spiro atoms. The molecule has 0 saturated carbocycles. The van der Waals surface area contributed by atoms with Crippen molar-refractivity contribution in [1.82, 2.24) is 0 Å². The van der Waals surface area contributed by atoms with Crippen LogP contribution in [0.5, 0.6) is 23.0 Å². The first-order valence-electron chi connectivity index (χ1n) is 10.1. The zero-order valence-electron chi connectivity index (χ0n) is 18.3. The molecular formula is C24H25NO6S. The van der Waals surface area contributed by atoms with E-state index in [-0.39, 0.29) is 16.9 Å². The van der Waals surface area contributed by atoms with E-state index in [1.807, 2.05) is 25.1 Å². The number of fused-ring (bicyclic) bond motifs is 1. The number of nitrogens with one attached hydrogen (secondary N) is 1. The Morgan fingerprint density at radius 1 is 0.844 bits per heavy atom. The van der Waals surface area contributed by atoms with Crippen LogP contribution in [-0.4, -0.2) is 29.7 Å². The first-order chi connectivity index (χ1) is 15.4. The van der Waals surface area contributed by atoms with E-state index in [0.717, 1.165) is 11.1 Å². The molecule has 1 heterocycles. The van der Waals surface area contributed by atoms with Crippen LogP contribution in [0.3, 0.4) is 0 Å². The molecule has 3 aromatic carbocycles. The van der Waals surface area contributed by atoms with Crippen LogP contribution in [0.2, 0.25) is 0 Å². The lowest BCUT2D eigenvalue weighted by atomic mass is 9.92. The number of anilines is 1. The van der Waals surface area contributed by atoms with E-state index in [4.69, 9.17) is 18.9 Å². The maximum atomic E-state index is 12.8. The molecule has 3 aromatic rings. The van der Waals surface area contributed by atoms with Gasteiger partial charge in [-0.25, -0.2) is 8.42 Å². The maximum Gasteiger partial charge on any atom is 0.261 e. The topological polar surface area (TPSA) is 83.1 Å². The number of methoxy groups -OCH3 is 3. The number of rotatable bonds is 7. The second kappa shape index (κ2) is 8.63. The van der Waals surface area contributed by atoms with Gasteiger partial charge >= 0.3 is 0 Å². The van der Waals surface area contributed by atoms with Crippen LogP contribution in [-0.2, 0) is 10.0 Å². The highest BCUT2D eigenvalue weighted by molar-refractivity contribution is 7.92. The van der Waals surface area contributed by atoms with Gasteiger partial charge in [-0.1, -0.05) is 31.2 Å². The average Bonchev–Trinajstić information content (AvgIpc) is 3.14. The minimum Gasteiger partial charge on any atom is -0.493 e. The fourth-order valence-corrected chi connectivity index (χ4v) is 4.95. The smallest absolute Gasteiger partial charge is 0.261 e. The Morgan fingerprint density at radius 3 is 2.19 bits per heavy atom. The molecule has 1 aliphatic heterocycles. The highest BCUT2D eigenvalue weighted by Crippen LogP contribution is 2.52. The number of ether oxygens (including phenoxy) is 4. The van der Waals surface area contributed by atoms with Crippen molar-refractivity contribution in [2.24, 2.45) is 0 Å². The average molecular weight is 456 g/mol. The molecule has 0 bridgehead atoms. The van der Waals surface area contributed by atoms with Gasteiger partial charge in [0.05, 0.1) is 31.9 Å². The first kappa shape index (κ1) is 21.8. The summed E-state index contributed by atoms with van der Waals surface area (Å²) in [6.45, 7) is 2.03. The Hall–Kier alpha value is -3.39. The first-order valence-corrected chi connectivity index (χ1v) is 11.5. The van der Waals surface area contributed by atoms with Crippen molar-refractivity contribution in [3.63, 3.8) is 0 Å². The third-order valence-corrected chi connectivity index (χ3v) is 6.93. The van der Waals surface area contributed by atoms with Crippen LogP contribution < -0.4 is 23.7 Å². The van der Waals surface area contributed by atoms with Crippen LogP contribution in [0.15, 0.2) is 65.6 Å². The van der Waals surface area contributed by atoms with Crippen molar-refractivity contribution in [3.05, 3.63) is 71.8 Å². The number of benzene rings is 3. The van der Waals surface area contributed by atoms with Crippen LogP contribution in [0, 0.1) is 0 Å². The van der Waals surface area contributed by atoms with Gasteiger partial charge in [-0.3, -0.25) is 4.72 Å². The fourth-order valence-electron chi connectivity index (χ4n) is 3.89. The van der Waals surface area contributed by atoms with Crippen LogP contribution in [0.25, 0.3) is 0 Å². The van der Waals surface area contributed by atoms with Gasteiger partial charge in [-0.05, 0) is 35.9 Å². The molecule has 0 saturated heterocycles. The zero-order chi connectivity index (χ0) is 22.9. The van der Waals surface area contributed by atoms with Crippen molar-refractivity contribution in [2.45, 2.75) is 23.8 Å². The van der Waals surface area contributed by atoms with Crippen LogP contribution >= 0.6 is 0 Å². The van der Waals surface area contributed by atoms with Crippen molar-refractivity contribution in [3.8, 4) is 23.0 Å². The monoisotopic (exact) mass is 455 g/mol. The van der Waals surface area contributed by atoms with E-state index in [1.54, 1.807) is 56.7 Å². The SMILES string of the molecule is COc1ccc([C@@H]2Oc3c(OC)cc(NS(=O)(=O)c4ccccc4)cc3[C@H]2C)cc1OC. The van der Waals surface area contributed by atoms with Gasteiger partial charge in [0, 0.05) is 17.5 Å². The summed E-state index contributed by atoms with van der Waals surface area (Å²) in [6, 6.07) is 17.3. The summed E-state index contributed by atoms with van der Waals surface area (Å²) in [5.74, 6) is 2.25. The van der Waals surface area contributed by atoms with Gasteiger partial charge < -0.3 is 18.9 Å². The minimum atomic E-state index is -3.73. The lowest BCUT2D eigenvalue weighted by molar-refractivity contribution is 0.207. The van der Waals surface area contributed by atoms with Crippen LogP contribution in [0.1, 0.15) is 30.1 Å². The summed E-state index contributed by atoms with van der Waals surface area (Å²) in [7, 11) is 0.973. The minimum absolute atomic E-state index is 0.0572. The Labute approximate surface area is 187 Å². The molecule has 0 aliphatic carbocycles. The summed E-state index contributed by atoms with van der Waals surface area (Å²) >= 11 is 0. The predicted molar refractivity (Wildman–Crippen MR) is 122 cm³/mol. The van der Waals surface area contributed by atoms with Gasteiger partial charge in [-0.15, -0.1) is 0 Å². The molecular weight excluding hydrogens is 430 g/mol. The quantitative estimate of drug-likeness (QED) is 0.554. The molecule has 0 unspecified atom stereocenters. The molecule has 168 valence electrons. The molecule has 7 nitrogen and oxygen atoms in total. The Balaban J connectivity index is 1.68. The van der Waals surface area contributed by atoms with Crippen molar-refractivity contribution >= 4 is 15.7 Å². The molecule has 32 heavy (non-hydrogen) atoms. The molecule has 0 radical (unpaired) electrons. The Kier molecular flexibility index (Phi) is 5.88. The highest BCUT2D eigenvalue weighted by Gasteiger charge is 2.36. The number of sulfonamides is 1. The van der Waals surface area contributed by atoms with Gasteiger partial charge in [0.2, 0.25) is 0 Å². The summed E-state index contributed by atoms with van der Waals surface area (Å²) in [5, 5.41) is 0. The standard InChI is InChI=1S/C24H25NO6S/c1-15-19-13-17(25-32(26,27)18-8-6-5-7-9-18)14-22(30-4)24(19)31-23(15)16-10-11-20(28-2)21(12-16)29-3/h5-15,23,25H,1-4H3/t15-,23-/m1/s1. The Morgan fingerprint density at radius 2 is 1.53 bits per heavy atom. The van der Waals surface area contributed by atoms with E-state index in [9.17, 15) is 8.42 Å². The fraction of sp³-hybridized carbons (Fsp3) is 0.250. The predicted octanol–water partition coefficient (Wildman–Crippen LogP) is 4.75. The Bertz CT molecular complexity index is 1230. The molecule has 2 atom stereocenters.